The van der Waals surface area contributed by atoms with Crippen LogP contribution < -0.4 is 21.7 Å². The van der Waals surface area contributed by atoms with Crippen molar-refractivity contribution in [3.8, 4) is 0 Å². The van der Waals surface area contributed by atoms with Gasteiger partial charge in [-0.15, -0.1) is 0 Å². The topological polar surface area (TPSA) is 134 Å². The van der Waals surface area contributed by atoms with Crippen molar-refractivity contribution in [1.29, 1.82) is 0 Å². The molecule has 6 N–H and O–H groups in total. The van der Waals surface area contributed by atoms with Crippen LogP contribution in [0.15, 0.2) is 0 Å². The van der Waals surface area contributed by atoms with E-state index < -0.39 is 24.1 Å². The van der Waals surface area contributed by atoms with Crippen LogP contribution in [0.2, 0.25) is 0 Å². The summed E-state index contributed by atoms with van der Waals surface area (Å²) in [4.78, 5) is 37.5. The lowest BCUT2D eigenvalue weighted by atomic mass is 9.84. The van der Waals surface area contributed by atoms with Crippen LogP contribution in [0.1, 0.15) is 47.5 Å². The number of rotatable bonds is 10. The van der Waals surface area contributed by atoms with E-state index in [0.717, 1.165) is 19.4 Å². The SMILES string of the molecule is CC(C)CC1CNCC(C(=O)N[C@H](C(=O)N[C@@H](CN)C(=O)C(C)C)C(C)O)C1. The van der Waals surface area contributed by atoms with E-state index in [1.54, 1.807) is 13.8 Å². The maximum atomic E-state index is 12.7. The first kappa shape index (κ1) is 24.5. The lowest BCUT2D eigenvalue weighted by Crippen LogP contribution is -2.59. The van der Waals surface area contributed by atoms with Gasteiger partial charge in [0.25, 0.3) is 0 Å². The predicted molar refractivity (Wildman–Crippen MR) is 108 cm³/mol. The highest BCUT2D eigenvalue weighted by atomic mass is 16.3. The fourth-order valence-corrected chi connectivity index (χ4v) is 3.66. The molecule has 0 aliphatic carbocycles. The molecule has 0 bridgehead atoms. The molecule has 0 radical (unpaired) electrons. The standard InChI is InChI=1S/C20H38N4O4/c1-11(2)6-14-7-15(10-22-9-14)19(27)24-17(13(5)25)20(28)23-16(8-21)18(26)12(3)4/h11-17,22,25H,6-10,21H2,1-5H3,(H,23,28)(H,24,27)/t13?,14?,15?,16-,17-/m0/s1. The van der Waals surface area contributed by atoms with Crippen LogP contribution in [0.25, 0.3) is 0 Å². The molecule has 8 heteroatoms. The fraction of sp³-hybridized carbons (Fsp3) is 0.850. The summed E-state index contributed by atoms with van der Waals surface area (Å²) in [5.41, 5.74) is 5.62. The molecule has 0 aromatic heterocycles. The van der Waals surface area contributed by atoms with E-state index in [4.69, 9.17) is 5.73 Å². The Labute approximate surface area is 168 Å². The molecule has 0 saturated carbocycles. The van der Waals surface area contributed by atoms with Gasteiger partial charge in [0, 0.05) is 19.0 Å². The second-order valence-electron chi connectivity index (χ2n) is 8.67. The van der Waals surface area contributed by atoms with E-state index in [9.17, 15) is 19.5 Å². The summed E-state index contributed by atoms with van der Waals surface area (Å²) in [6.07, 6.45) is 0.689. The first-order valence-electron chi connectivity index (χ1n) is 10.3. The predicted octanol–water partition coefficient (Wildman–Crippen LogP) is -0.208. The van der Waals surface area contributed by atoms with Crippen molar-refractivity contribution in [2.45, 2.75) is 65.6 Å². The van der Waals surface area contributed by atoms with Gasteiger partial charge < -0.3 is 26.8 Å². The zero-order valence-electron chi connectivity index (χ0n) is 17.8. The van der Waals surface area contributed by atoms with E-state index in [1.165, 1.54) is 6.92 Å². The number of carbonyl (C=O) groups excluding carboxylic acids is 3. The second-order valence-corrected chi connectivity index (χ2v) is 8.67. The second kappa shape index (κ2) is 11.5. The molecular weight excluding hydrogens is 360 g/mol. The van der Waals surface area contributed by atoms with Gasteiger partial charge in [-0.2, -0.15) is 0 Å². The number of aliphatic hydroxyl groups is 1. The van der Waals surface area contributed by atoms with Crippen molar-refractivity contribution in [2.75, 3.05) is 19.6 Å². The van der Waals surface area contributed by atoms with Crippen LogP contribution in [0.5, 0.6) is 0 Å². The van der Waals surface area contributed by atoms with Gasteiger partial charge >= 0.3 is 0 Å². The zero-order chi connectivity index (χ0) is 21.4. The lowest BCUT2D eigenvalue weighted by molar-refractivity contribution is -0.135. The van der Waals surface area contributed by atoms with Crippen LogP contribution in [-0.4, -0.2) is 60.5 Å². The summed E-state index contributed by atoms with van der Waals surface area (Å²) < 4.78 is 0. The van der Waals surface area contributed by atoms with E-state index in [1.807, 2.05) is 0 Å². The number of ketones is 1. The molecule has 0 aromatic carbocycles. The molecule has 8 nitrogen and oxygen atoms in total. The molecule has 1 aliphatic rings. The van der Waals surface area contributed by atoms with Gasteiger partial charge in [0.2, 0.25) is 11.8 Å². The minimum absolute atomic E-state index is 0.0351. The van der Waals surface area contributed by atoms with Crippen molar-refractivity contribution >= 4 is 17.6 Å². The molecule has 1 heterocycles. The van der Waals surface area contributed by atoms with Gasteiger partial charge in [-0.05, 0) is 38.1 Å². The monoisotopic (exact) mass is 398 g/mol. The van der Waals surface area contributed by atoms with Gasteiger partial charge in [-0.1, -0.05) is 27.7 Å². The Balaban J connectivity index is 2.73. The van der Waals surface area contributed by atoms with E-state index in [-0.39, 0.29) is 30.1 Å². The molecule has 0 aromatic rings. The average molecular weight is 399 g/mol. The molecule has 2 amide bonds. The van der Waals surface area contributed by atoms with Crippen molar-refractivity contribution in [2.24, 2.45) is 29.4 Å². The van der Waals surface area contributed by atoms with Crippen molar-refractivity contribution in [1.82, 2.24) is 16.0 Å². The van der Waals surface area contributed by atoms with E-state index in [2.05, 4.69) is 29.8 Å². The van der Waals surface area contributed by atoms with Crippen molar-refractivity contribution in [3.05, 3.63) is 0 Å². The molecule has 162 valence electrons. The average Bonchev–Trinajstić information content (AvgIpc) is 2.62. The van der Waals surface area contributed by atoms with Crippen LogP contribution >= 0.6 is 0 Å². The molecule has 1 rings (SSSR count). The van der Waals surface area contributed by atoms with Gasteiger partial charge in [0.05, 0.1) is 18.1 Å². The number of piperidine rings is 1. The summed E-state index contributed by atoms with van der Waals surface area (Å²) in [6.45, 7) is 10.6. The van der Waals surface area contributed by atoms with Crippen molar-refractivity contribution in [3.63, 3.8) is 0 Å². The minimum Gasteiger partial charge on any atom is -0.391 e. The number of aliphatic hydroxyl groups excluding tert-OH is 1. The Morgan fingerprint density at radius 2 is 1.75 bits per heavy atom. The number of nitrogens with two attached hydrogens (primary N) is 1. The largest absolute Gasteiger partial charge is 0.391 e. The molecule has 3 unspecified atom stereocenters. The third-order valence-electron chi connectivity index (χ3n) is 5.14. The number of hydrogen-bond acceptors (Lipinski definition) is 6. The molecule has 1 fully saturated rings. The van der Waals surface area contributed by atoms with Gasteiger partial charge in [-0.3, -0.25) is 14.4 Å². The lowest BCUT2D eigenvalue weighted by Gasteiger charge is -2.32. The number of amides is 2. The maximum absolute atomic E-state index is 12.7. The summed E-state index contributed by atoms with van der Waals surface area (Å²) in [6, 6.07) is -1.97. The number of carbonyl (C=O) groups is 3. The summed E-state index contributed by atoms with van der Waals surface area (Å²) in [7, 11) is 0. The van der Waals surface area contributed by atoms with Gasteiger partial charge in [0.15, 0.2) is 5.78 Å². The third kappa shape index (κ3) is 7.48. The van der Waals surface area contributed by atoms with Crippen molar-refractivity contribution < 1.29 is 19.5 Å². The molecular formula is C20H38N4O4. The first-order chi connectivity index (χ1) is 13.1. The number of Topliss-reactive ketones (excluding diaryl/α,β-unsaturated/α-hetero) is 1. The van der Waals surface area contributed by atoms with Crippen LogP contribution in [0, 0.1) is 23.7 Å². The number of hydrogen-bond donors (Lipinski definition) is 5. The molecule has 0 spiro atoms. The van der Waals surface area contributed by atoms with Crippen LogP contribution in [0.3, 0.4) is 0 Å². The Hall–Kier alpha value is -1.51. The maximum Gasteiger partial charge on any atom is 0.245 e. The highest BCUT2D eigenvalue weighted by molar-refractivity contribution is 5.94. The Kier molecular flexibility index (Phi) is 10.1. The van der Waals surface area contributed by atoms with E-state index in [0.29, 0.717) is 18.4 Å². The summed E-state index contributed by atoms with van der Waals surface area (Å²) in [5, 5.41) is 18.5. The van der Waals surface area contributed by atoms with Crippen LogP contribution in [0.4, 0.5) is 0 Å². The Morgan fingerprint density at radius 3 is 2.25 bits per heavy atom. The van der Waals surface area contributed by atoms with Gasteiger partial charge in [-0.25, -0.2) is 0 Å². The highest BCUT2D eigenvalue weighted by Crippen LogP contribution is 2.23. The molecule has 28 heavy (non-hydrogen) atoms. The zero-order valence-corrected chi connectivity index (χ0v) is 17.8. The quantitative estimate of drug-likeness (QED) is 0.346. The Morgan fingerprint density at radius 1 is 1.11 bits per heavy atom. The van der Waals surface area contributed by atoms with Crippen LogP contribution in [-0.2, 0) is 14.4 Å². The summed E-state index contributed by atoms with van der Waals surface area (Å²) >= 11 is 0. The smallest absolute Gasteiger partial charge is 0.245 e. The molecule has 1 saturated heterocycles. The highest BCUT2D eigenvalue weighted by Gasteiger charge is 2.33. The number of nitrogens with one attached hydrogen (secondary N) is 3. The molecule has 5 atom stereocenters. The normalized spacial score (nSPS) is 23.2. The summed E-state index contributed by atoms with van der Waals surface area (Å²) in [5.74, 6) is -0.616. The minimum atomic E-state index is -1.13. The fourth-order valence-electron chi connectivity index (χ4n) is 3.66. The van der Waals surface area contributed by atoms with Gasteiger partial charge in [0.1, 0.15) is 6.04 Å². The Bertz CT molecular complexity index is 536. The van der Waals surface area contributed by atoms with E-state index >= 15 is 0 Å². The molecule has 1 aliphatic heterocycles. The first-order valence-corrected chi connectivity index (χ1v) is 10.3. The third-order valence-corrected chi connectivity index (χ3v) is 5.14.